The molecule has 0 unspecified atom stereocenters. The summed E-state index contributed by atoms with van der Waals surface area (Å²) in [6.45, 7) is 1.14. The van der Waals surface area contributed by atoms with Crippen molar-refractivity contribution in [2.24, 2.45) is 0 Å². The number of halogens is 2. The third kappa shape index (κ3) is 3.14. The predicted molar refractivity (Wildman–Crippen MR) is 92.3 cm³/mol. The van der Waals surface area contributed by atoms with Crippen molar-refractivity contribution < 1.29 is 23.0 Å². The van der Waals surface area contributed by atoms with Crippen LogP contribution in [0.3, 0.4) is 0 Å². The van der Waals surface area contributed by atoms with E-state index in [1.54, 1.807) is 19.4 Å². The zero-order valence-electron chi connectivity index (χ0n) is 14.0. The lowest BCUT2D eigenvalue weighted by atomic mass is 10.2. The lowest BCUT2D eigenvalue weighted by Gasteiger charge is -2.25. The van der Waals surface area contributed by atoms with E-state index in [0.717, 1.165) is 17.0 Å². The fourth-order valence-electron chi connectivity index (χ4n) is 2.67. The molecule has 136 valence electrons. The lowest BCUT2D eigenvalue weighted by molar-refractivity contribution is -0.208. The first-order valence-electron chi connectivity index (χ1n) is 7.80. The van der Waals surface area contributed by atoms with Crippen LogP contribution in [0.5, 0.6) is 17.2 Å². The number of nitrogens with zero attached hydrogens (tertiary/aromatic N) is 2. The second-order valence-corrected chi connectivity index (χ2v) is 6.72. The van der Waals surface area contributed by atoms with Gasteiger partial charge in [-0.2, -0.15) is 8.78 Å². The van der Waals surface area contributed by atoms with Gasteiger partial charge in [0.15, 0.2) is 23.3 Å². The minimum absolute atomic E-state index is 0.000688. The number of pyridine rings is 1. The first-order valence-corrected chi connectivity index (χ1v) is 8.78. The zero-order chi connectivity index (χ0) is 18.3. The van der Waals surface area contributed by atoms with Crippen LogP contribution in [0, 0.1) is 6.92 Å². The molecule has 0 saturated heterocycles. The maximum Gasteiger partial charge on any atom is 0.433 e. The number of aromatic amines is 1. The normalized spacial score (nSPS) is 15.2. The Morgan fingerprint density at radius 3 is 3.00 bits per heavy atom. The monoisotopic (exact) mass is 379 g/mol. The van der Waals surface area contributed by atoms with Crippen molar-refractivity contribution in [2.45, 2.75) is 23.9 Å². The van der Waals surface area contributed by atoms with Crippen LogP contribution < -0.4 is 14.2 Å². The molecule has 1 aromatic carbocycles. The number of methoxy groups -OCH3 is 1. The Bertz CT molecular complexity index is 977. The number of aromatic nitrogens is 3. The Morgan fingerprint density at radius 2 is 2.19 bits per heavy atom. The smallest absolute Gasteiger partial charge is 0.433 e. The number of rotatable bonds is 4. The first-order chi connectivity index (χ1) is 12.4. The van der Waals surface area contributed by atoms with Crippen molar-refractivity contribution in [1.82, 2.24) is 15.0 Å². The molecule has 0 bridgehead atoms. The Labute approximate surface area is 151 Å². The number of hydrogen-bond donors (Lipinski definition) is 1. The Balaban J connectivity index is 1.57. The molecule has 0 atom stereocenters. The van der Waals surface area contributed by atoms with Crippen LogP contribution in [0.1, 0.15) is 11.3 Å². The molecule has 0 aliphatic carbocycles. The summed E-state index contributed by atoms with van der Waals surface area (Å²) in [5.74, 6) is 1.63. The molecule has 0 spiro atoms. The molecule has 1 N–H and O–H groups in total. The fraction of sp³-hybridized carbons (Fsp3) is 0.294. The predicted octanol–water partition coefficient (Wildman–Crippen LogP) is 3.93. The quantitative estimate of drug-likeness (QED) is 0.693. The van der Waals surface area contributed by atoms with Crippen molar-refractivity contribution >= 4 is 22.8 Å². The van der Waals surface area contributed by atoms with Crippen molar-refractivity contribution in [2.75, 3.05) is 13.7 Å². The van der Waals surface area contributed by atoms with Gasteiger partial charge in [-0.15, -0.1) is 0 Å². The van der Waals surface area contributed by atoms with Crippen molar-refractivity contribution in [3.63, 3.8) is 0 Å². The number of benzene rings is 1. The summed E-state index contributed by atoms with van der Waals surface area (Å²) >= 11 is 1.46. The molecule has 4 rings (SSSR count). The molecular formula is C17H15F2N3O3S. The third-order valence-corrected chi connectivity index (χ3v) is 4.89. The fourth-order valence-corrected chi connectivity index (χ4v) is 3.58. The van der Waals surface area contributed by atoms with E-state index in [0.29, 0.717) is 21.9 Å². The summed E-state index contributed by atoms with van der Waals surface area (Å²) in [4.78, 5) is 11.9. The standard InChI is InChI=1S/C17H15F2N3O3S/c1-9-12(20-4-3-13(9)23-2)7-26-16-21-10-5-14-15(6-11(10)22-16)25-17(18,19)8-24-14/h3-6H,7-8H2,1-2H3,(H,21,22). The number of nitrogens with one attached hydrogen (secondary N) is 1. The highest BCUT2D eigenvalue weighted by molar-refractivity contribution is 7.98. The van der Waals surface area contributed by atoms with E-state index in [1.807, 2.05) is 13.0 Å². The number of imidazole rings is 1. The van der Waals surface area contributed by atoms with Gasteiger partial charge in [0.05, 0.1) is 23.8 Å². The number of fused-ring (bicyclic) bond motifs is 2. The van der Waals surface area contributed by atoms with Gasteiger partial charge in [-0.3, -0.25) is 4.98 Å². The van der Waals surface area contributed by atoms with Crippen molar-refractivity contribution in [3.8, 4) is 17.2 Å². The average Bonchev–Trinajstić information content (AvgIpc) is 3.00. The molecular weight excluding hydrogens is 364 g/mol. The highest BCUT2D eigenvalue weighted by atomic mass is 32.2. The summed E-state index contributed by atoms with van der Waals surface area (Å²) in [5, 5.41) is 0.651. The van der Waals surface area contributed by atoms with E-state index < -0.39 is 12.7 Å². The van der Waals surface area contributed by atoms with Crippen LogP contribution in [0.2, 0.25) is 0 Å². The van der Waals surface area contributed by atoms with E-state index >= 15 is 0 Å². The van der Waals surface area contributed by atoms with E-state index in [4.69, 9.17) is 9.47 Å². The number of ether oxygens (including phenoxy) is 3. The molecule has 0 saturated carbocycles. The summed E-state index contributed by atoms with van der Waals surface area (Å²) < 4.78 is 41.6. The van der Waals surface area contributed by atoms with Gasteiger partial charge in [0, 0.05) is 29.6 Å². The zero-order valence-corrected chi connectivity index (χ0v) is 14.8. The van der Waals surface area contributed by atoms with Gasteiger partial charge in [0.2, 0.25) is 0 Å². The molecule has 9 heteroatoms. The van der Waals surface area contributed by atoms with Gasteiger partial charge < -0.3 is 19.2 Å². The van der Waals surface area contributed by atoms with Gasteiger partial charge in [0.25, 0.3) is 0 Å². The van der Waals surface area contributed by atoms with Crippen LogP contribution in [0.4, 0.5) is 8.78 Å². The Kier molecular flexibility index (Phi) is 4.10. The van der Waals surface area contributed by atoms with E-state index in [2.05, 4.69) is 19.7 Å². The van der Waals surface area contributed by atoms with Crippen LogP contribution >= 0.6 is 11.8 Å². The maximum absolute atomic E-state index is 13.3. The van der Waals surface area contributed by atoms with Gasteiger partial charge in [-0.05, 0) is 13.0 Å². The minimum atomic E-state index is -3.33. The van der Waals surface area contributed by atoms with E-state index in [9.17, 15) is 8.78 Å². The maximum atomic E-state index is 13.3. The summed E-state index contributed by atoms with van der Waals surface area (Å²) in [6.07, 6.45) is -1.63. The summed E-state index contributed by atoms with van der Waals surface area (Å²) in [7, 11) is 1.62. The minimum Gasteiger partial charge on any atom is -0.496 e. The third-order valence-electron chi connectivity index (χ3n) is 4.00. The second-order valence-electron chi connectivity index (χ2n) is 5.76. The van der Waals surface area contributed by atoms with Crippen molar-refractivity contribution in [3.05, 3.63) is 35.7 Å². The molecule has 3 heterocycles. The first kappa shape index (κ1) is 16.9. The van der Waals surface area contributed by atoms with E-state index in [-0.39, 0.29) is 11.5 Å². The topological polar surface area (TPSA) is 69.3 Å². The van der Waals surface area contributed by atoms with Crippen LogP contribution in [-0.4, -0.2) is 34.8 Å². The molecule has 1 aliphatic rings. The second kappa shape index (κ2) is 6.31. The van der Waals surface area contributed by atoms with Crippen molar-refractivity contribution in [1.29, 1.82) is 0 Å². The Hall–Kier alpha value is -2.55. The van der Waals surface area contributed by atoms with Gasteiger partial charge in [-0.25, -0.2) is 4.98 Å². The number of H-pyrrole nitrogens is 1. The molecule has 3 aromatic rings. The van der Waals surface area contributed by atoms with Crippen LogP contribution in [-0.2, 0) is 5.75 Å². The molecule has 1 aliphatic heterocycles. The molecule has 0 fully saturated rings. The van der Waals surface area contributed by atoms with E-state index in [1.165, 1.54) is 17.8 Å². The molecule has 26 heavy (non-hydrogen) atoms. The molecule has 0 radical (unpaired) electrons. The van der Waals surface area contributed by atoms with Gasteiger partial charge >= 0.3 is 6.11 Å². The van der Waals surface area contributed by atoms with Gasteiger partial charge in [-0.1, -0.05) is 11.8 Å². The highest BCUT2D eigenvalue weighted by Gasteiger charge is 2.38. The largest absolute Gasteiger partial charge is 0.496 e. The average molecular weight is 379 g/mol. The number of thioether (sulfide) groups is 1. The number of hydrogen-bond acceptors (Lipinski definition) is 6. The molecule has 6 nitrogen and oxygen atoms in total. The Morgan fingerprint density at radius 1 is 1.35 bits per heavy atom. The lowest BCUT2D eigenvalue weighted by Crippen LogP contribution is -2.35. The van der Waals surface area contributed by atoms with Gasteiger partial charge in [0.1, 0.15) is 5.75 Å². The molecule has 0 amide bonds. The summed E-state index contributed by atoms with van der Waals surface area (Å²) in [5.41, 5.74) is 3.08. The SMILES string of the molecule is COc1ccnc(CSc2nc3cc4c(cc3[nH]2)OC(F)(F)CO4)c1C. The molecule has 2 aromatic heterocycles. The van der Waals surface area contributed by atoms with Crippen LogP contribution in [0.15, 0.2) is 29.6 Å². The number of alkyl halides is 2. The highest BCUT2D eigenvalue weighted by Crippen LogP contribution is 2.39. The van der Waals surface area contributed by atoms with Crippen LogP contribution in [0.25, 0.3) is 11.0 Å². The summed E-state index contributed by atoms with van der Waals surface area (Å²) in [6, 6.07) is 4.88.